The fraction of sp³-hybridized carbons (Fsp3) is 0.222. The second-order valence-electron chi connectivity index (χ2n) is 2.65. The molecule has 1 amide bonds. The van der Waals surface area contributed by atoms with Gasteiger partial charge in [-0.05, 0) is 34.1 Å². The molecule has 0 aromatic heterocycles. The van der Waals surface area contributed by atoms with Gasteiger partial charge in [-0.15, -0.1) is 0 Å². The minimum atomic E-state index is -0.462. The summed E-state index contributed by atoms with van der Waals surface area (Å²) in [5, 5.41) is 0. The van der Waals surface area contributed by atoms with E-state index in [1.807, 2.05) is 0 Å². The molecule has 0 saturated heterocycles. The van der Waals surface area contributed by atoms with Gasteiger partial charge < -0.3 is 16.2 Å². The average Bonchev–Trinajstić information content (AvgIpc) is 2.15. The van der Waals surface area contributed by atoms with E-state index >= 15 is 0 Å². The van der Waals surface area contributed by atoms with Gasteiger partial charge in [-0.25, -0.2) is 0 Å². The number of primary amides is 1. The number of carbonyl (C=O) groups is 1. The standard InChI is InChI=1S/C9H11BrN2O2/c10-7-5-6(9(12)13)1-2-8(7)14-4-3-11/h1-2,5H,3-4,11H2,(H2,12,13). The maximum atomic E-state index is 10.8. The first-order chi connectivity index (χ1) is 6.65. The van der Waals surface area contributed by atoms with Crippen molar-refractivity contribution in [2.75, 3.05) is 13.2 Å². The fourth-order valence-electron chi connectivity index (χ4n) is 0.940. The van der Waals surface area contributed by atoms with Gasteiger partial charge in [-0.3, -0.25) is 4.79 Å². The van der Waals surface area contributed by atoms with E-state index in [4.69, 9.17) is 16.2 Å². The van der Waals surface area contributed by atoms with Crippen LogP contribution in [0.4, 0.5) is 0 Å². The van der Waals surface area contributed by atoms with E-state index in [9.17, 15) is 4.79 Å². The Hall–Kier alpha value is -1.07. The molecule has 0 fully saturated rings. The zero-order valence-corrected chi connectivity index (χ0v) is 9.08. The molecule has 0 aliphatic carbocycles. The van der Waals surface area contributed by atoms with Crippen LogP contribution < -0.4 is 16.2 Å². The molecule has 4 N–H and O–H groups in total. The van der Waals surface area contributed by atoms with Crippen molar-refractivity contribution in [3.8, 4) is 5.75 Å². The van der Waals surface area contributed by atoms with Gasteiger partial charge in [0.2, 0.25) is 5.91 Å². The molecule has 76 valence electrons. The highest BCUT2D eigenvalue weighted by Gasteiger charge is 2.05. The number of carbonyl (C=O) groups excluding carboxylic acids is 1. The maximum Gasteiger partial charge on any atom is 0.248 e. The molecule has 0 bridgehead atoms. The summed E-state index contributed by atoms with van der Waals surface area (Å²) in [6.07, 6.45) is 0. The molecule has 4 nitrogen and oxygen atoms in total. The molecule has 14 heavy (non-hydrogen) atoms. The zero-order chi connectivity index (χ0) is 10.6. The molecule has 1 aromatic carbocycles. The van der Waals surface area contributed by atoms with Crippen LogP contribution in [0.15, 0.2) is 22.7 Å². The first kappa shape index (κ1) is 11.0. The molecule has 0 heterocycles. The van der Waals surface area contributed by atoms with Crippen molar-refractivity contribution in [3.05, 3.63) is 28.2 Å². The second kappa shape index (κ2) is 4.97. The molecule has 0 saturated carbocycles. The topological polar surface area (TPSA) is 78.3 Å². The summed E-state index contributed by atoms with van der Waals surface area (Å²) in [5.41, 5.74) is 10.8. The predicted octanol–water partition coefficient (Wildman–Crippen LogP) is 0.886. The summed E-state index contributed by atoms with van der Waals surface area (Å²) in [5.74, 6) is 0.191. The van der Waals surface area contributed by atoms with Crippen LogP contribution in [0, 0.1) is 0 Å². The van der Waals surface area contributed by atoms with Crippen LogP contribution in [0.1, 0.15) is 10.4 Å². The number of hydrogen-bond acceptors (Lipinski definition) is 3. The minimum absolute atomic E-state index is 0.439. The van der Waals surface area contributed by atoms with Gasteiger partial charge in [-0.2, -0.15) is 0 Å². The van der Waals surface area contributed by atoms with Gasteiger partial charge in [0.05, 0.1) is 4.47 Å². The van der Waals surface area contributed by atoms with Crippen molar-refractivity contribution in [2.45, 2.75) is 0 Å². The number of nitrogens with two attached hydrogens (primary N) is 2. The summed E-state index contributed by atoms with van der Waals surface area (Å²) in [6, 6.07) is 4.91. The number of rotatable bonds is 4. The van der Waals surface area contributed by atoms with Crippen molar-refractivity contribution in [1.29, 1.82) is 0 Å². The first-order valence-corrected chi connectivity index (χ1v) is 4.86. The van der Waals surface area contributed by atoms with E-state index in [0.29, 0.717) is 28.9 Å². The zero-order valence-electron chi connectivity index (χ0n) is 7.50. The van der Waals surface area contributed by atoms with Crippen LogP contribution in [0.5, 0.6) is 5.75 Å². The van der Waals surface area contributed by atoms with Gasteiger partial charge in [0.1, 0.15) is 12.4 Å². The third-order valence-electron chi connectivity index (χ3n) is 1.59. The number of hydrogen-bond donors (Lipinski definition) is 2. The van der Waals surface area contributed by atoms with Crippen molar-refractivity contribution >= 4 is 21.8 Å². The van der Waals surface area contributed by atoms with E-state index in [1.165, 1.54) is 0 Å². The Balaban J connectivity index is 2.84. The number of amides is 1. The lowest BCUT2D eigenvalue weighted by molar-refractivity contribution is 0.1000. The van der Waals surface area contributed by atoms with Crippen LogP contribution >= 0.6 is 15.9 Å². The Morgan fingerprint density at radius 2 is 2.21 bits per heavy atom. The van der Waals surface area contributed by atoms with Gasteiger partial charge in [0.25, 0.3) is 0 Å². The summed E-state index contributed by atoms with van der Waals surface area (Å²) in [6.45, 7) is 0.887. The van der Waals surface area contributed by atoms with Crippen molar-refractivity contribution in [1.82, 2.24) is 0 Å². The minimum Gasteiger partial charge on any atom is -0.491 e. The molecule has 5 heteroatoms. The van der Waals surface area contributed by atoms with E-state index in [-0.39, 0.29) is 0 Å². The number of halogens is 1. The predicted molar refractivity (Wildman–Crippen MR) is 57.2 cm³/mol. The summed E-state index contributed by atoms with van der Waals surface area (Å²) < 4.78 is 5.99. The van der Waals surface area contributed by atoms with Crippen LogP contribution in [0.3, 0.4) is 0 Å². The molecule has 0 spiro atoms. The molecule has 1 rings (SSSR count). The summed E-state index contributed by atoms with van der Waals surface area (Å²) in [7, 11) is 0. The first-order valence-electron chi connectivity index (χ1n) is 4.07. The van der Waals surface area contributed by atoms with Crippen LogP contribution in [-0.2, 0) is 0 Å². The molecule has 0 aliphatic heterocycles. The van der Waals surface area contributed by atoms with Crippen LogP contribution in [0.2, 0.25) is 0 Å². The van der Waals surface area contributed by atoms with Gasteiger partial charge >= 0.3 is 0 Å². The average molecular weight is 259 g/mol. The Morgan fingerprint density at radius 3 is 2.71 bits per heavy atom. The Bertz CT molecular complexity index is 342. The van der Waals surface area contributed by atoms with Crippen molar-refractivity contribution in [2.24, 2.45) is 11.5 Å². The monoisotopic (exact) mass is 258 g/mol. The molecule has 0 atom stereocenters. The van der Waals surface area contributed by atoms with Crippen molar-refractivity contribution in [3.63, 3.8) is 0 Å². The number of benzene rings is 1. The van der Waals surface area contributed by atoms with Crippen LogP contribution in [-0.4, -0.2) is 19.1 Å². The maximum absolute atomic E-state index is 10.8. The van der Waals surface area contributed by atoms with Crippen LogP contribution in [0.25, 0.3) is 0 Å². The third kappa shape index (κ3) is 2.71. The lowest BCUT2D eigenvalue weighted by atomic mass is 10.2. The Kier molecular flexibility index (Phi) is 3.91. The molecule has 1 aromatic rings. The lowest BCUT2D eigenvalue weighted by Crippen LogP contribution is -2.12. The molecule has 0 unspecified atom stereocenters. The molecule has 0 radical (unpaired) electrons. The molecular formula is C9H11BrN2O2. The van der Waals surface area contributed by atoms with E-state index in [2.05, 4.69) is 15.9 Å². The summed E-state index contributed by atoms with van der Waals surface area (Å²) in [4.78, 5) is 10.8. The lowest BCUT2D eigenvalue weighted by Gasteiger charge is -2.07. The third-order valence-corrected chi connectivity index (χ3v) is 2.21. The number of ether oxygens (including phenoxy) is 1. The van der Waals surface area contributed by atoms with Gasteiger partial charge in [0.15, 0.2) is 0 Å². The highest BCUT2D eigenvalue weighted by atomic mass is 79.9. The highest BCUT2D eigenvalue weighted by molar-refractivity contribution is 9.10. The normalized spacial score (nSPS) is 9.86. The van der Waals surface area contributed by atoms with Gasteiger partial charge in [-0.1, -0.05) is 0 Å². The summed E-state index contributed by atoms with van der Waals surface area (Å²) >= 11 is 3.27. The Labute approximate surface area is 90.3 Å². The smallest absolute Gasteiger partial charge is 0.248 e. The SMILES string of the molecule is NCCOc1ccc(C(N)=O)cc1Br. The largest absolute Gasteiger partial charge is 0.491 e. The van der Waals surface area contributed by atoms with E-state index in [1.54, 1.807) is 18.2 Å². The fourth-order valence-corrected chi connectivity index (χ4v) is 1.43. The van der Waals surface area contributed by atoms with Crippen molar-refractivity contribution < 1.29 is 9.53 Å². The van der Waals surface area contributed by atoms with Gasteiger partial charge in [0, 0.05) is 12.1 Å². The highest BCUT2D eigenvalue weighted by Crippen LogP contribution is 2.25. The second-order valence-corrected chi connectivity index (χ2v) is 3.50. The van der Waals surface area contributed by atoms with E-state index < -0.39 is 5.91 Å². The molecule has 0 aliphatic rings. The quantitative estimate of drug-likeness (QED) is 0.842. The Morgan fingerprint density at radius 1 is 1.50 bits per heavy atom. The van der Waals surface area contributed by atoms with E-state index in [0.717, 1.165) is 0 Å². The molecular weight excluding hydrogens is 248 g/mol.